The molecule has 0 amide bonds. The van der Waals surface area contributed by atoms with Crippen LogP contribution < -0.4 is 0 Å². The molecular formula is C15H26O2S. The molecule has 0 radical (unpaired) electrons. The zero-order valence-electron chi connectivity index (χ0n) is 11.3. The van der Waals surface area contributed by atoms with Gasteiger partial charge in [0, 0.05) is 24.4 Å². The summed E-state index contributed by atoms with van der Waals surface area (Å²) >= 11 is 2.23. The van der Waals surface area contributed by atoms with Crippen molar-refractivity contribution in [3.05, 3.63) is 0 Å². The summed E-state index contributed by atoms with van der Waals surface area (Å²) in [6.07, 6.45) is 9.96. The zero-order valence-corrected chi connectivity index (χ0v) is 12.1. The Morgan fingerprint density at radius 2 is 1.89 bits per heavy atom. The van der Waals surface area contributed by atoms with Gasteiger partial charge in [-0.3, -0.25) is 0 Å². The molecule has 0 aromatic carbocycles. The highest BCUT2D eigenvalue weighted by molar-refractivity contribution is 7.99. The van der Waals surface area contributed by atoms with Crippen LogP contribution in [0.25, 0.3) is 0 Å². The quantitative estimate of drug-likeness (QED) is 0.765. The molecule has 3 aliphatic rings. The second kappa shape index (κ2) is 6.62. The van der Waals surface area contributed by atoms with Crippen LogP contribution in [0.3, 0.4) is 0 Å². The van der Waals surface area contributed by atoms with E-state index in [1.807, 2.05) is 0 Å². The minimum Gasteiger partial charge on any atom is -0.381 e. The molecule has 0 saturated carbocycles. The first-order valence-corrected chi connectivity index (χ1v) is 8.79. The summed E-state index contributed by atoms with van der Waals surface area (Å²) in [6, 6.07) is 0. The molecule has 104 valence electrons. The van der Waals surface area contributed by atoms with Crippen LogP contribution in [0, 0.1) is 11.8 Å². The van der Waals surface area contributed by atoms with E-state index >= 15 is 0 Å². The van der Waals surface area contributed by atoms with Gasteiger partial charge in [0.05, 0.1) is 12.7 Å². The molecule has 0 aliphatic carbocycles. The predicted molar refractivity (Wildman–Crippen MR) is 76.1 cm³/mol. The standard InChI is InChI=1S/C15H26O2S/c1-2-9-18-15(5-1)12-6-8-17-14(10-12)13-4-3-7-16-11-13/h12-15H,1-11H2. The summed E-state index contributed by atoms with van der Waals surface area (Å²) in [5.74, 6) is 2.98. The van der Waals surface area contributed by atoms with Crippen molar-refractivity contribution in [2.45, 2.75) is 56.3 Å². The van der Waals surface area contributed by atoms with E-state index in [-0.39, 0.29) is 0 Å². The van der Waals surface area contributed by atoms with Crippen LogP contribution in [0.5, 0.6) is 0 Å². The van der Waals surface area contributed by atoms with Crippen LogP contribution in [0.1, 0.15) is 44.9 Å². The van der Waals surface area contributed by atoms with E-state index in [0.29, 0.717) is 12.0 Å². The van der Waals surface area contributed by atoms with E-state index in [1.54, 1.807) is 0 Å². The molecule has 18 heavy (non-hydrogen) atoms. The Bertz CT molecular complexity index is 223. The molecule has 2 nitrogen and oxygen atoms in total. The van der Waals surface area contributed by atoms with Gasteiger partial charge in [0.1, 0.15) is 0 Å². The Morgan fingerprint density at radius 1 is 0.889 bits per heavy atom. The van der Waals surface area contributed by atoms with Crippen molar-refractivity contribution < 1.29 is 9.47 Å². The molecule has 4 atom stereocenters. The average molecular weight is 270 g/mol. The lowest BCUT2D eigenvalue weighted by molar-refractivity contribution is -0.0810. The number of ether oxygens (including phenoxy) is 2. The summed E-state index contributed by atoms with van der Waals surface area (Å²) in [5.41, 5.74) is 0. The molecule has 0 bridgehead atoms. The van der Waals surface area contributed by atoms with Crippen LogP contribution in [-0.2, 0) is 9.47 Å². The van der Waals surface area contributed by atoms with Gasteiger partial charge in [-0.2, -0.15) is 11.8 Å². The van der Waals surface area contributed by atoms with Gasteiger partial charge in [-0.05, 0) is 50.2 Å². The third-order valence-corrected chi connectivity index (χ3v) is 6.39. The second-order valence-corrected chi connectivity index (χ2v) is 7.42. The molecule has 3 heterocycles. The maximum Gasteiger partial charge on any atom is 0.0628 e. The van der Waals surface area contributed by atoms with Crippen molar-refractivity contribution in [3.63, 3.8) is 0 Å². The SMILES string of the molecule is C1CCC(C2CCOC(C3CCCOC3)C2)SC1. The largest absolute Gasteiger partial charge is 0.381 e. The Morgan fingerprint density at radius 3 is 2.67 bits per heavy atom. The van der Waals surface area contributed by atoms with E-state index in [0.717, 1.165) is 31.0 Å². The fourth-order valence-electron chi connectivity index (χ4n) is 3.72. The van der Waals surface area contributed by atoms with E-state index in [4.69, 9.17) is 9.47 Å². The van der Waals surface area contributed by atoms with Crippen molar-refractivity contribution in [1.82, 2.24) is 0 Å². The fourth-order valence-corrected chi connectivity index (χ4v) is 5.24. The molecule has 3 fully saturated rings. The van der Waals surface area contributed by atoms with Crippen LogP contribution in [0.15, 0.2) is 0 Å². The molecule has 4 unspecified atom stereocenters. The first kappa shape index (κ1) is 13.3. The fraction of sp³-hybridized carbons (Fsp3) is 1.00. The molecule has 3 saturated heterocycles. The van der Waals surface area contributed by atoms with Crippen LogP contribution >= 0.6 is 11.8 Å². The van der Waals surface area contributed by atoms with Gasteiger partial charge in [0.15, 0.2) is 0 Å². The number of hydrogen-bond acceptors (Lipinski definition) is 3. The average Bonchev–Trinajstić information content (AvgIpc) is 2.49. The highest BCUT2D eigenvalue weighted by Crippen LogP contribution is 2.39. The van der Waals surface area contributed by atoms with Crippen molar-refractivity contribution >= 4 is 11.8 Å². The Hall–Kier alpha value is 0.270. The third-order valence-electron chi connectivity index (χ3n) is 4.82. The van der Waals surface area contributed by atoms with Crippen LogP contribution in [0.2, 0.25) is 0 Å². The normalized spacial score (nSPS) is 42.7. The zero-order chi connectivity index (χ0) is 12.2. The van der Waals surface area contributed by atoms with E-state index in [1.165, 1.54) is 50.7 Å². The minimum atomic E-state index is 0.492. The topological polar surface area (TPSA) is 18.5 Å². The Labute approximate surface area is 115 Å². The van der Waals surface area contributed by atoms with Gasteiger partial charge in [-0.25, -0.2) is 0 Å². The van der Waals surface area contributed by atoms with Gasteiger partial charge < -0.3 is 9.47 Å². The maximum absolute atomic E-state index is 6.05. The summed E-state index contributed by atoms with van der Waals surface area (Å²) in [6.45, 7) is 2.89. The summed E-state index contributed by atoms with van der Waals surface area (Å²) in [5, 5.41) is 0.926. The highest BCUT2D eigenvalue weighted by atomic mass is 32.2. The molecule has 3 rings (SSSR count). The van der Waals surface area contributed by atoms with Gasteiger partial charge in [-0.1, -0.05) is 6.42 Å². The summed E-state index contributed by atoms with van der Waals surface area (Å²) < 4.78 is 11.7. The highest BCUT2D eigenvalue weighted by Gasteiger charge is 2.34. The lowest BCUT2D eigenvalue weighted by Gasteiger charge is -2.40. The first-order valence-electron chi connectivity index (χ1n) is 7.74. The lowest BCUT2D eigenvalue weighted by atomic mass is 9.83. The Balaban J connectivity index is 1.53. The van der Waals surface area contributed by atoms with Crippen molar-refractivity contribution in [3.8, 4) is 0 Å². The van der Waals surface area contributed by atoms with Crippen molar-refractivity contribution in [2.75, 3.05) is 25.6 Å². The number of hydrogen-bond donors (Lipinski definition) is 0. The molecule has 3 heteroatoms. The van der Waals surface area contributed by atoms with E-state index < -0.39 is 0 Å². The predicted octanol–water partition coefficient (Wildman–Crippen LogP) is 3.49. The maximum atomic E-state index is 6.05. The number of thioether (sulfide) groups is 1. The molecular weight excluding hydrogens is 244 g/mol. The molecule has 0 aromatic heterocycles. The van der Waals surface area contributed by atoms with Crippen LogP contribution in [0.4, 0.5) is 0 Å². The molecule has 0 aromatic rings. The first-order chi connectivity index (χ1) is 8.93. The molecule has 0 N–H and O–H groups in total. The smallest absolute Gasteiger partial charge is 0.0628 e. The van der Waals surface area contributed by atoms with Gasteiger partial charge in [-0.15, -0.1) is 0 Å². The molecule has 0 spiro atoms. The molecule has 3 aliphatic heterocycles. The summed E-state index contributed by atoms with van der Waals surface area (Å²) in [4.78, 5) is 0. The number of rotatable bonds is 2. The van der Waals surface area contributed by atoms with Crippen molar-refractivity contribution in [1.29, 1.82) is 0 Å². The van der Waals surface area contributed by atoms with Gasteiger partial charge in [0.2, 0.25) is 0 Å². The second-order valence-electron chi connectivity index (χ2n) is 6.08. The summed E-state index contributed by atoms with van der Waals surface area (Å²) in [7, 11) is 0. The van der Waals surface area contributed by atoms with Crippen LogP contribution in [-0.4, -0.2) is 36.9 Å². The van der Waals surface area contributed by atoms with E-state index in [2.05, 4.69) is 11.8 Å². The monoisotopic (exact) mass is 270 g/mol. The lowest BCUT2D eigenvalue weighted by Crippen LogP contribution is -2.39. The minimum absolute atomic E-state index is 0.492. The van der Waals surface area contributed by atoms with Crippen molar-refractivity contribution in [2.24, 2.45) is 11.8 Å². The third kappa shape index (κ3) is 3.23. The van der Waals surface area contributed by atoms with E-state index in [9.17, 15) is 0 Å². The van der Waals surface area contributed by atoms with Gasteiger partial charge >= 0.3 is 0 Å². The van der Waals surface area contributed by atoms with Gasteiger partial charge in [0.25, 0.3) is 0 Å². The Kier molecular flexibility index (Phi) is 4.88.